The Labute approximate surface area is 235 Å². The third kappa shape index (κ3) is 7.71. The molecular formula is C29H38F4IO3S+. The van der Waals surface area contributed by atoms with Gasteiger partial charge >= 0.3 is 43.0 Å². The molecule has 2 aromatic rings. The summed E-state index contributed by atoms with van der Waals surface area (Å²) in [5.41, 5.74) is 3.31. The summed E-state index contributed by atoms with van der Waals surface area (Å²) in [4.78, 5) is 0. The van der Waals surface area contributed by atoms with E-state index in [1.54, 1.807) is 0 Å². The van der Waals surface area contributed by atoms with Crippen LogP contribution in [0.15, 0.2) is 48.5 Å². The van der Waals surface area contributed by atoms with Gasteiger partial charge in [-0.2, -0.15) is 17.2 Å². The molecule has 3 unspecified atom stereocenters. The van der Waals surface area contributed by atoms with Crippen LogP contribution in [0.1, 0.15) is 78.4 Å². The first-order valence-electron chi connectivity index (χ1n) is 12.8. The quantitative estimate of drug-likeness (QED) is 0.253. The van der Waals surface area contributed by atoms with Gasteiger partial charge in [-0.1, -0.05) is 65.8 Å². The molecular weight excluding hydrogens is 631 g/mol. The van der Waals surface area contributed by atoms with E-state index in [2.05, 4.69) is 94.3 Å². The molecule has 3 atom stereocenters. The summed E-state index contributed by atoms with van der Waals surface area (Å²) in [5, 5.41) is -5.13. The van der Waals surface area contributed by atoms with Crippen molar-refractivity contribution in [2.75, 3.05) is 0 Å². The minimum absolute atomic E-state index is 0.0703. The van der Waals surface area contributed by atoms with E-state index in [4.69, 9.17) is 0 Å². The smallest absolute Gasteiger partial charge is 0.262 e. The topological polar surface area (TPSA) is 43.4 Å². The predicted octanol–water partition coefficient (Wildman–Crippen LogP) is 4.79. The molecule has 0 heterocycles. The highest BCUT2D eigenvalue weighted by Gasteiger charge is 2.57. The maximum absolute atomic E-state index is 12.8. The third-order valence-electron chi connectivity index (χ3n) is 7.15. The molecule has 0 saturated heterocycles. The molecule has 0 radical (unpaired) electrons. The fourth-order valence-electron chi connectivity index (χ4n) is 4.79. The summed E-state index contributed by atoms with van der Waals surface area (Å²) >= 11 is -0.0703. The van der Waals surface area contributed by atoms with Crippen molar-refractivity contribution in [1.82, 2.24) is 0 Å². The first-order valence-corrected chi connectivity index (χ1v) is 16.4. The van der Waals surface area contributed by atoms with E-state index in [0.29, 0.717) is 12.8 Å². The van der Waals surface area contributed by atoms with Gasteiger partial charge in [0.15, 0.2) is 7.14 Å². The lowest BCUT2D eigenvalue weighted by molar-refractivity contribution is -0.597. The van der Waals surface area contributed by atoms with Crippen molar-refractivity contribution in [3.63, 3.8) is 0 Å². The molecule has 212 valence electrons. The first kappa shape index (κ1) is 31.3. The molecule has 9 heteroatoms. The van der Waals surface area contributed by atoms with Crippen LogP contribution in [0.3, 0.4) is 0 Å². The summed E-state index contributed by atoms with van der Waals surface area (Å²) in [6.07, 6.45) is -2.39. The Bertz CT molecular complexity index is 1110. The average Bonchev–Trinajstić information content (AvgIpc) is 3.42. The highest BCUT2D eigenvalue weighted by molar-refractivity contribution is 7.87. The molecule has 2 bridgehead atoms. The summed E-state index contributed by atoms with van der Waals surface area (Å²) in [6, 6.07) is 18.4. The number of fused-ring (bicyclic) bond motifs is 2. The molecule has 2 aliphatic carbocycles. The van der Waals surface area contributed by atoms with Crippen LogP contribution in [0.5, 0.6) is 0 Å². The average molecular weight is 670 g/mol. The molecule has 38 heavy (non-hydrogen) atoms. The molecule has 0 aliphatic heterocycles. The van der Waals surface area contributed by atoms with Crippen LogP contribution in [0, 0.1) is 19.0 Å². The molecule has 2 fully saturated rings. The van der Waals surface area contributed by atoms with Gasteiger partial charge in [-0.15, -0.1) is 0 Å². The van der Waals surface area contributed by atoms with Crippen LogP contribution in [-0.2, 0) is 25.1 Å². The second-order valence-electron chi connectivity index (χ2n) is 12.2. The summed E-state index contributed by atoms with van der Waals surface area (Å²) in [5.74, 6) is 0.184. The maximum Gasteiger partial charge on any atom is 0.428 e. The Morgan fingerprint density at radius 3 is 1.55 bits per heavy atom. The summed E-state index contributed by atoms with van der Waals surface area (Å²) in [7, 11) is -5.55. The molecule has 2 saturated carbocycles. The highest BCUT2D eigenvalue weighted by atomic mass is 127. The molecule has 3 nitrogen and oxygen atoms in total. The zero-order valence-corrected chi connectivity index (χ0v) is 25.8. The molecule has 2 aromatic carbocycles. The van der Waals surface area contributed by atoms with Gasteiger partial charge in [0.2, 0.25) is 0 Å². The molecule has 0 aromatic heterocycles. The van der Waals surface area contributed by atoms with Gasteiger partial charge in [0.1, 0.15) is 0 Å². The number of hydrogen-bond acceptors (Lipinski definition) is 3. The number of benzene rings is 2. The Hall–Kier alpha value is -1.20. The molecule has 0 N–H and O–H groups in total. The second kappa shape index (κ2) is 11.7. The molecule has 0 amide bonds. The lowest BCUT2D eigenvalue weighted by Gasteiger charge is -2.24. The van der Waals surface area contributed by atoms with Crippen molar-refractivity contribution in [3.8, 4) is 0 Å². The van der Waals surface area contributed by atoms with Gasteiger partial charge in [-0.3, -0.25) is 4.18 Å². The maximum atomic E-state index is 12.8. The predicted molar refractivity (Wildman–Crippen MR) is 138 cm³/mol. The molecule has 0 spiro atoms. The standard InChI is InChI=1S/C20H26I.C9H12F4O3S/c1-19(2,3)15-7-11-17(12-8-15)21-18-13-9-16(10-14-18)20(4,5)6;10-8(11)9(12,13)17(14,15)16-7-4-5-1-2-6(7)3-5/h7-14H,1-6H3;5-8H,1-4H2/q+1;. The van der Waals surface area contributed by atoms with Crippen LogP contribution in [0.25, 0.3) is 0 Å². The van der Waals surface area contributed by atoms with Crippen molar-refractivity contribution in [2.45, 2.75) is 95.8 Å². The van der Waals surface area contributed by atoms with Crippen LogP contribution in [0.4, 0.5) is 17.6 Å². The Balaban J connectivity index is 0.000000215. The lowest BCUT2D eigenvalue weighted by atomic mass is 9.87. The number of rotatable bonds is 6. The molecule has 2 aliphatic rings. The van der Waals surface area contributed by atoms with E-state index in [0.717, 1.165) is 12.8 Å². The lowest BCUT2D eigenvalue weighted by Crippen LogP contribution is -3.61. The fraction of sp³-hybridized carbons (Fsp3) is 0.586. The number of hydrogen-bond donors (Lipinski definition) is 0. The minimum Gasteiger partial charge on any atom is -0.262 e. The minimum atomic E-state index is -5.55. The summed E-state index contributed by atoms with van der Waals surface area (Å²) < 4.78 is 78.9. The van der Waals surface area contributed by atoms with Crippen molar-refractivity contribution in [1.29, 1.82) is 0 Å². The van der Waals surface area contributed by atoms with E-state index in [9.17, 15) is 26.0 Å². The fourth-order valence-corrected chi connectivity index (χ4v) is 7.86. The van der Waals surface area contributed by atoms with Crippen LogP contribution in [0.2, 0.25) is 0 Å². The van der Waals surface area contributed by atoms with Crippen LogP contribution in [-0.4, -0.2) is 26.2 Å². The monoisotopic (exact) mass is 669 g/mol. The van der Waals surface area contributed by atoms with Crippen molar-refractivity contribution in [3.05, 3.63) is 66.8 Å². The zero-order chi connectivity index (χ0) is 28.5. The van der Waals surface area contributed by atoms with E-state index in [-0.39, 0.29) is 43.9 Å². The Morgan fingerprint density at radius 2 is 1.24 bits per heavy atom. The van der Waals surface area contributed by atoms with Crippen LogP contribution >= 0.6 is 0 Å². The van der Waals surface area contributed by atoms with E-state index in [1.807, 2.05) is 0 Å². The Morgan fingerprint density at radius 1 is 0.789 bits per heavy atom. The zero-order valence-electron chi connectivity index (χ0n) is 22.8. The number of alkyl halides is 4. The SMILES string of the molecule is CC(C)(C)c1ccc([I+]c2ccc(C(C)(C)C)cc2)cc1.O=S(=O)(OC1CC2CCC1C2)C(F)(F)C(F)F. The first-order chi connectivity index (χ1) is 17.4. The van der Waals surface area contributed by atoms with Crippen molar-refractivity contribution in [2.24, 2.45) is 11.8 Å². The number of halogens is 5. The van der Waals surface area contributed by atoms with Crippen molar-refractivity contribution >= 4 is 10.1 Å². The van der Waals surface area contributed by atoms with Gasteiger partial charge in [-0.25, -0.2) is 8.78 Å². The third-order valence-corrected chi connectivity index (χ3v) is 11.2. The van der Waals surface area contributed by atoms with Gasteiger partial charge in [-0.05, 0) is 83.7 Å². The molecule has 4 rings (SSSR count). The van der Waals surface area contributed by atoms with Gasteiger partial charge in [0, 0.05) is 0 Å². The van der Waals surface area contributed by atoms with Crippen molar-refractivity contribution < 1.29 is 51.4 Å². The summed E-state index contributed by atoms with van der Waals surface area (Å²) in [6.45, 7) is 13.6. The van der Waals surface area contributed by atoms with Gasteiger partial charge < -0.3 is 0 Å². The largest absolute Gasteiger partial charge is 0.428 e. The second-order valence-corrected chi connectivity index (χ2v) is 16.9. The van der Waals surface area contributed by atoms with Gasteiger partial charge in [0.25, 0.3) is 0 Å². The van der Waals surface area contributed by atoms with E-state index < -0.39 is 27.9 Å². The normalized spacial score (nSPS) is 21.9. The Kier molecular flexibility index (Phi) is 9.67. The van der Waals surface area contributed by atoms with E-state index >= 15 is 0 Å². The highest BCUT2D eigenvalue weighted by Crippen LogP contribution is 2.47. The van der Waals surface area contributed by atoms with Gasteiger partial charge in [0.05, 0.1) is 6.10 Å². The van der Waals surface area contributed by atoms with E-state index in [1.165, 1.54) is 18.3 Å². The van der Waals surface area contributed by atoms with Crippen LogP contribution < -0.4 is 21.2 Å².